The minimum absolute atomic E-state index is 0.0938. The second kappa shape index (κ2) is 2.75. The second-order valence-corrected chi connectivity index (χ2v) is 5.24. The molecule has 0 radical (unpaired) electrons. The summed E-state index contributed by atoms with van der Waals surface area (Å²) in [6.07, 6.45) is 4.10. The Morgan fingerprint density at radius 2 is 1.92 bits per heavy atom. The molecule has 70 valence electrons. The van der Waals surface area contributed by atoms with Gasteiger partial charge in [-0.05, 0) is 24.7 Å². The molecule has 0 spiro atoms. The van der Waals surface area contributed by atoms with E-state index in [0.717, 1.165) is 19.3 Å². The maximum atomic E-state index is 11.2. The largest absolute Gasteiger partial charge is 0.369 e. The van der Waals surface area contributed by atoms with Crippen LogP contribution in [0, 0.1) is 10.8 Å². The molecule has 0 aromatic rings. The number of carbonyl (C=O) groups is 1. The molecule has 2 heteroatoms. The van der Waals surface area contributed by atoms with Crippen molar-refractivity contribution in [3.63, 3.8) is 0 Å². The van der Waals surface area contributed by atoms with E-state index < -0.39 is 0 Å². The first-order chi connectivity index (χ1) is 5.36. The lowest BCUT2D eigenvalue weighted by molar-refractivity contribution is -0.134. The summed E-state index contributed by atoms with van der Waals surface area (Å²) in [7, 11) is 0. The van der Waals surface area contributed by atoms with Gasteiger partial charge in [0.1, 0.15) is 0 Å². The van der Waals surface area contributed by atoms with E-state index in [2.05, 4.69) is 20.8 Å². The zero-order chi connectivity index (χ0) is 9.41. The lowest BCUT2D eigenvalue weighted by atomic mass is 9.61. The second-order valence-electron chi connectivity index (χ2n) is 5.24. The summed E-state index contributed by atoms with van der Waals surface area (Å²) in [4.78, 5) is 11.2. The number of hydrogen-bond donors (Lipinski definition) is 1. The lowest BCUT2D eigenvalue weighted by Crippen LogP contribution is -2.45. The van der Waals surface area contributed by atoms with Crippen LogP contribution in [0.2, 0.25) is 0 Å². The highest BCUT2D eigenvalue weighted by atomic mass is 16.1. The van der Waals surface area contributed by atoms with Crippen LogP contribution in [0.1, 0.15) is 46.5 Å². The minimum atomic E-state index is -0.155. The van der Waals surface area contributed by atoms with Crippen molar-refractivity contribution in [2.75, 3.05) is 0 Å². The predicted octanol–water partition coefficient (Wildman–Crippen LogP) is 2.08. The van der Waals surface area contributed by atoms with E-state index in [1.165, 1.54) is 6.42 Å². The SMILES string of the molecule is CC(C)(C)CC1(C(N)=O)CCC1. The van der Waals surface area contributed by atoms with E-state index in [9.17, 15) is 4.79 Å². The standard InChI is InChI=1S/C10H19NO/c1-9(2,3)7-10(8(11)12)5-4-6-10/h4-7H2,1-3H3,(H2,11,12). The number of hydrogen-bond acceptors (Lipinski definition) is 1. The maximum absolute atomic E-state index is 11.2. The van der Waals surface area contributed by atoms with Gasteiger partial charge in [-0.25, -0.2) is 0 Å². The molecule has 0 atom stereocenters. The molecule has 0 bridgehead atoms. The third-order valence-corrected chi connectivity index (χ3v) is 2.70. The molecule has 2 N–H and O–H groups in total. The number of amides is 1. The van der Waals surface area contributed by atoms with Gasteiger partial charge in [-0.2, -0.15) is 0 Å². The molecule has 0 saturated heterocycles. The van der Waals surface area contributed by atoms with Crippen molar-refractivity contribution in [3.05, 3.63) is 0 Å². The van der Waals surface area contributed by atoms with Crippen LogP contribution >= 0.6 is 0 Å². The number of primary amides is 1. The molecule has 1 fully saturated rings. The van der Waals surface area contributed by atoms with Crippen molar-refractivity contribution in [2.24, 2.45) is 16.6 Å². The Labute approximate surface area is 74.5 Å². The van der Waals surface area contributed by atoms with Gasteiger partial charge in [0.25, 0.3) is 0 Å². The van der Waals surface area contributed by atoms with Gasteiger partial charge in [0.2, 0.25) is 5.91 Å². The van der Waals surface area contributed by atoms with Gasteiger partial charge in [0, 0.05) is 5.41 Å². The van der Waals surface area contributed by atoms with E-state index in [1.54, 1.807) is 0 Å². The first-order valence-electron chi connectivity index (χ1n) is 4.66. The van der Waals surface area contributed by atoms with Crippen LogP contribution in [0.25, 0.3) is 0 Å². The van der Waals surface area contributed by atoms with Crippen molar-refractivity contribution in [3.8, 4) is 0 Å². The van der Waals surface area contributed by atoms with Gasteiger partial charge in [-0.1, -0.05) is 27.2 Å². The third-order valence-electron chi connectivity index (χ3n) is 2.70. The van der Waals surface area contributed by atoms with Crippen molar-refractivity contribution in [1.29, 1.82) is 0 Å². The van der Waals surface area contributed by atoms with Gasteiger partial charge in [0.15, 0.2) is 0 Å². The molecule has 0 aromatic carbocycles. The molecular formula is C10H19NO. The maximum Gasteiger partial charge on any atom is 0.223 e. The van der Waals surface area contributed by atoms with Crippen molar-refractivity contribution in [1.82, 2.24) is 0 Å². The summed E-state index contributed by atoms with van der Waals surface area (Å²) < 4.78 is 0. The Bertz CT molecular complexity index is 187. The molecule has 0 aromatic heterocycles. The summed E-state index contributed by atoms with van der Waals surface area (Å²) in [6.45, 7) is 6.49. The summed E-state index contributed by atoms with van der Waals surface area (Å²) in [6, 6.07) is 0. The molecular weight excluding hydrogens is 150 g/mol. The lowest BCUT2D eigenvalue weighted by Gasteiger charge is -2.43. The molecule has 1 amide bonds. The number of rotatable bonds is 2. The molecule has 1 saturated carbocycles. The molecule has 2 nitrogen and oxygen atoms in total. The molecule has 1 aliphatic carbocycles. The zero-order valence-electron chi connectivity index (χ0n) is 8.31. The summed E-state index contributed by atoms with van der Waals surface area (Å²) in [5, 5.41) is 0. The van der Waals surface area contributed by atoms with Crippen LogP contribution in [0.3, 0.4) is 0 Å². The van der Waals surface area contributed by atoms with E-state index in [0.29, 0.717) is 0 Å². The smallest absolute Gasteiger partial charge is 0.223 e. The molecule has 1 rings (SSSR count). The third kappa shape index (κ3) is 1.79. The van der Waals surface area contributed by atoms with Gasteiger partial charge in [-0.15, -0.1) is 0 Å². The average molecular weight is 169 g/mol. The van der Waals surface area contributed by atoms with Crippen molar-refractivity contribution < 1.29 is 4.79 Å². The Kier molecular flexibility index (Phi) is 2.19. The minimum Gasteiger partial charge on any atom is -0.369 e. The predicted molar refractivity (Wildman–Crippen MR) is 49.6 cm³/mol. The Hall–Kier alpha value is -0.530. The Morgan fingerprint density at radius 3 is 2.00 bits per heavy atom. The topological polar surface area (TPSA) is 43.1 Å². The summed E-state index contributed by atoms with van der Waals surface area (Å²) >= 11 is 0. The molecule has 0 unspecified atom stereocenters. The fourth-order valence-corrected chi connectivity index (χ4v) is 2.13. The summed E-state index contributed by atoms with van der Waals surface area (Å²) in [5.74, 6) is -0.0938. The first-order valence-corrected chi connectivity index (χ1v) is 4.66. The number of nitrogens with two attached hydrogens (primary N) is 1. The average Bonchev–Trinajstić information content (AvgIpc) is 1.75. The molecule has 0 heterocycles. The van der Waals surface area contributed by atoms with Gasteiger partial charge >= 0.3 is 0 Å². The van der Waals surface area contributed by atoms with Crippen LogP contribution in [0.15, 0.2) is 0 Å². The molecule has 12 heavy (non-hydrogen) atoms. The van der Waals surface area contributed by atoms with Crippen LogP contribution < -0.4 is 5.73 Å². The fraction of sp³-hybridized carbons (Fsp3) is 0.900. The van der Waals surface area contributed by atoms with Crippen molar-refractivity contribution in [2.45, 2.75) is 46.5 Å². The highest BCUT2D eigenvalue weighted by Crippen LogP contribution is 2.48. The highest BCUT2D eigenvalue weighted by molar-refractivity contribution is 5.81. The normalized spacial score (nSPS) is 21.6. The van der Waals surface area contributed by atoms with E-state index in [4.69, 9.17) is 5.73 Å². The number of carbonyl (C=O) groups excluding carboxylic acids is 1. The van der Waals surface area contributed by atoms with Gasteiger partial charge < -0.3 is 5.73 Å². The van der Waals surface area contributed by atoms with Crippen LogP contribution in [0.4, 0.5) is 0 Å². The zero-order valence-corrected chi connectivity index (χ0v) is 8.31. The van der Waals surface area contributed by atoms with Crippen molar-refractivity contribution >= 4 is 5.91 Å². The fourth-order valence-electron chi connectivity index (χ4n) is 2.13. The Morgan fingerprint density at radius 1 is 1.42 bits per heavy atom. The summed E-state index contributed by atoms with van der Waals surface area (Å²) in [5.41, 5.74) is 5.46. The van der Waals surface area contributed by atoms with Crippen LogP contribution in [-0.4, -0.2) is 5.91 Å². The van der Waals surface area contributed by atoms with E-state index in [-0.39, 0.29) is 16.7 Å². The molecule has 0 aliphatic heterocycles. The van der Waals surface area contributed by atoms with Crippen LogP contribution in [-0.2, 0) is 4.79 Å². The van der Waals surface area contributed by atoms with Crippen LogP contribution in [0.5, 0.6) is 0 Å². The van der Waals surface area contributed by atoms with Gasteiger partial charge in [0.05, 0.1) is 0 Å². The quantitative estimate of drug-likeness (QED) is 0.675. The van der Waals surface area contributed by atoms with E-state index in [1.807, 2.05) is 0 Å². The first kappa shape index (κ1) is 9.56. The molecule has 1 aliphatic rings. The highest BCUT2D eigenvalue weighted by Gasteiger charge is 2.44. The van der Waals surface area contributed by atoms with E-state index >= 15 is 0 Å². The van der Waals surface area contributed by atoms with Gasteiger partial charge in [-0.3, -0.25) is 4.79 Å². The Balaban J connectivity index is 2.63. The monoisotopic (exact) mass is 169 g/mol.